The molecule has 1 saturated carbocycles. The quantitative estimate of drug-likeness (QED) is 0.706. The van der Waals surface area contributed by atoms with Crippen LogP contribution in [0.2, 0.25) is 0 Å². The Labute approximate surface area is 178 Å². The number of rotatable bonds is 3. The van der Waals surface area contributed by atoms with Gasteiger partial charge in [-0.15, -0.1) is 0 Å². The predicted octanol–water partition coefficient (Wildman–Crippen LogP) is 5.73. The normalized spacial score (nSPS) is 21.8. The number of amides is 2. The summed E-state index contributed by atoms with van der Waals surface area (Å²) in [6.07, 6.45) is 7.20. The minimum Gasteiger partial charge on any atom is -0.451 e. The maximum atomic E-state index is 13.2. The van der Waals surface area contributed by atoms with Crippen LogP contribution in [-0.4, -0.2) is 29.3 Å². The van der Waals surface area contributed by atoms with Crippen molar-refractivity contribution in [2.75, 3.05) is 11.9 Å². The Morgan fingerprint density at radius 3 is 2.40 bits per heavy atom. The van der Waals surface area contributed by atoms with Gasteiger partial charge in [-0.25, -0.2) is 0 Å². The highest BCUT2D eigenvalue weighted by Crippen LogP contribution is 2.36. The molecule has 0 radical (unpaired) electrons. The summed E-state index contributed by atoms with van der Waals surface area (Å²) in [4.78, 5) is 27.4. The number of fused-ring (bicyclic) bond motifs is 1. The van der Waals surface area contributed by atoms with E-state index in [1.54, 1.807) is 6.07 Å². The van der Waals surface area contributed by atoms with Gasteiger partial charge < -0.3 is 14.6 Å². The molecule has 2 amide bonds. The molecular formula is C25H32N2O3. The van der Waals surface area contributed by atoms with Crippen molar-refractivity contribution < 1.29 is 14.0 Å². The fourth-order valence-corrected chi connectivity index (χ4v) is 4.66. The molecule has 5 heteroatoms. The van der Waals surface area contributed by atoms with Crippen molar-refractivity contribution in [3.63, 3.8) is 0 Å². The van der Waals surface area contributed by atoms with Crippen LogP contribution in [-0.2, 0) is 4.79 Å². The van der Waals surface area contributed by atoms with Crippen LogP contribution in [0, 0.1) is 11.3 Å². The van der Waals surface area contributed by atoms with E-state index < -0.39 is 5.41 Å². The maximum Gasteiger partial charge on any atom is 0.289 e. The predicted molar refractivity (Wildman–Crippen MR) is 118 cm³/mol. The topological polar surface area (TPSA) is 62.6 Å². The smallest absolute Gasteiger partial charge is 0.289 e. The highest BCUT2D eigenvalue weighted by atomic mass is 16.4. The van der Waals surface area contributed by atoms with E-state index in [2.05, 4.69) is 10.2 Å². The molecule has 1 saturated heterocycles. The van der Waals surface area contributed by atoms with Crippen molar-refractivity contribution in [2.45, 2.75) is 65.3 Å². The standard InChI is InChI=1S/C25H32N2O3/c1-25(2,3)24(29)26-19-12-10-18(11-13-19)21-14-15-22(30-21)23(28)27-16-6-8-17-7-4-5-9-20(17)27/h10-15,17,20H,4-9,16H2,1-3H3,(H,26,29)/t17-,20-/m0/s1. The molecule has 0 unspecified atom stereocenters. The summed E-state index contributed by atoms with van der Waals surface area (Å²) in [6, 6.07) is 11.6. The number of hydrogen-bond acceptors (Lipinski definition) is 3. The third-order valence-electron chi connectivity index (χ3n) is 6.43. The van der Waals surface area contributed by atoms with Gasteiger partial charge in [-0.1, -0.05) is 33.6 Å². The second-order valence-electron chi connectivity index (χ2n) is 9.70. The van der Waals surface area contributed by atoms with Crippen LogP contribution in [0.5, 0.6) is 0 Å². The zero-order valence-corrected chi connectivity index (χ0v) is 18.2. The number of carbonyl (C=O) groups excluding carboxylic acids is 2. The minimum absolute atomic E-state index is 0.0203. The summed E-state index contributed by atoms with van der Waals surface area (Å²) in [5.74, 6) is 1.74. The number of hydrogen-bond donors (Lipinski definition) is 1. The Balaban J connectivity index is 1.46. The van der Waals surface area contributed by atoms with Gasteiger partial charge in [-0.2, -0.15) is 0 Å². The summed E-state index contributed by atoms with van der Waals surface area (Å²) >= 11 is 0. The van der Waals surface area contributed by atoms with Crippen LogP contribution in [0.4, 0.5) is 5.69 Å². The number of likely N-dealkylation sites (tertiary alicyclic amines) is 1. The molecule has 5 nitrogen and oxygen atoms in total. The lowest BCUT2D eigenvalue weighted by atomic mass is 9.78. The van der Waals surface area contributed by atoms with E-state index in [9.17, 15) is 9.59 Å². The summed E-state index contributed by atoms with van der Waals surface area (Å²) in [7, 11) is 0. The molecule has 160 valence electrons. The summed E-state index contributed by atoms with van der Waals surface area (Å²) in [6.45, 7) is 6.49. The highest BCUT2D eigenvalue weighted by molar-refractivity contribution is 5.95. The molecule has 4 rings (SSSR count). The van der Waals surface area contributed by atoms with Crippen LogP contribution in [0.25, 0.3) is 11.3 Å². The molecule has 0 spiro atoms. The second kappa shape index (κ2) is 8.29. The number of carbonyl (C=O) groups is 2. The SMILES string of the molecule is CC(C)(C)C(=O)Nc1ccc(-c2ccc(C(=O)N3CCC[C@@H]4CCCC[C@@H]43)o2)cc1. The molecule has 2 aliphatic rings. The van der Waals surface area contributed by atoms with Crippen molar-refractivity contribution in [2.24, 2.45) is 11.3 Å². The van der Waals surface area contributed by atoms with E-state index in [0.717, 1.165) is 30.6 Å². The lowest BCUT2D eigenvalue weighted by Crippen LogP contribution is -2.49. The average Bonchev–Trinajstić information content (AvgIpc) is 3.23. The number of benzene rings is 1. The van der Waals surface area contributed by atoms with Crippen LogP contribution < -0.4 is 5.32 Å². The van der Waals surface area contributed by atoms with Crippen molar-refractivity contribution in [3.8, 4) is 11.3 Å². The van der Waals surface area contributed by atoms with Gasteiger partial charge in [0.05, 0.1) is 0 Å². The van der Waals surface area contributed by atoms with Crippen molar-refractivity contribution in [3.05, 3.63) is 42.2 Å². The van der Waals surface area contributed by atoms with E-state index in [4.69, 9.17) is 4.42 Å². The lowest BCUT2D eigenvalue weighted by molar-refractivity contribution is -0.123. The van der Waals surface area contributed by atoms with Gasteiger partial charge in [-0.05, 0) is 68.0 Å². The summed E-state index contributed by atoms with van der Waals surface area (Å²) in [5, 5.41) is 2.92. The molecule has 30 heavy (non-hydrogen) atoms. The maximum absolute atomic E-state index is 13.2. The van der Waals surface area contributed by atoms with E-state index in [1.807, 2.05) is 51.1 Å². The molecular weight excluding hydrogens is 376 g/mol. The number of nitrogens with zero attached hydrogens (tertiary/aromatic N) is 1. The van der Waals surface area contributed by atoms with E-state index in [-0.39, 0.29) is 11.8 Å². The zero-order chi connectivity index (χ0) is 21.3. The first-order valence-corrected chi connectivity index (χ1v) is 11.2. The third-order valence-corrected chi connectivity index (χ3v) is 6.43. The van der Waals surface area contributed by atoms with Crippen molar-refractivity contribution >= 4 is 17.5 Å². The van der Waals surface area contributed by atoms with Crippen molar-refractivity contribution in [1.82, 2.24) is 4.90 Å². The molecule has 1 aliphatic carbocycles. The Kier molecular flexibility index (Phi) is 5.72. The van der Waals surface area contributed by atoms with Gasteiger partial charge in [0.2, 0.25) is 5.91 Å². The highest BCUT2D eigenvalue weighted by Gasteiger charge is 2.36. The molecule has 2 atom stereocenters. The Bertz CT molecular complexity index is 905. The molecule has 2 fully saturated rings. The molecule has 1 aliphatic heterocycles. The fourth-order valence-electron chi connectivity index (χ4n) is 4.66. The molecule has 2 heterocycles. The largest absolute Gasteiger partial charge is 0.451 e. The first-order chi connectivity index (χ1) is 14.3. The number of piperidine rings is 1. The number of anilines is 1. The van der Waals surface area contributed by atoms with Gasteiger partial charge in [0.15, 0.2) is 5.76 Å². The van der Waals surface area contributed by atoms with E-state index in [0.29, 0.717) is 23.5 Å². The molecule has 0 bridgehead atoms. The van der Waals surface area contributed by atoms with Gasteiger partial charge in [0, 0.05) is 29.3 Å². The zero-order valence-electron chi connectivity index (χ0n) is 18.2. The minimum atomic E-state index is -0.444. The Morgan fingerprint density at radius 1 is 0.967 bits per heavy atom. The Hall–Kier alpha value is -2.56. The second-order valence-corrected chi connectivity index (χ2v) is 9.70. The van der Waals surface area contributed by atoms with Crippen LogP contribution >= 0.6 is 0 Å². The summed E-state index contributed by atoms with van der Waals surface area (Å²) in [5.41, 5.74) is 1.19. The molecule has 1 N–H and O–H groups in total. The average molecular weight is 409 g/mol. The summed E-state index contributed by atoms with van der Waals surface area (Å²) < 4.78 is 5.96. The van der Waals surface area contributed by atoms with Gasteiger partial charge in [0.1, 0.15) is 5.76 Å². The van der Waals surface area contributed by atoms with Gasteiger partial charge >= 0.3 is 0 Å². The van der Waals surface area contributed by atoms with E-state index in [1.165, 1.54) is 25.7 Å². The first-order valence-electron chi connectivity index (χ1n) is 11.2. The fraction of sp³-hybridized carbons (Fsp3) is 0.520. The number of furan rings is 1. The molecule has 2 aromatic rings. The third kappa shape index (κ3) is 4.30. The van der Waals surface area contributed by atoms with E-state index >= 15 is 0 Å². The monoisotopic (exact) mass is 408 g/mol. The molecule has 1 aromatic carbocycles. The van der Waals surface area contributed by atoms with Crippen LogP contribution in [0.15, 0.2) is 40.8 Å². The number of nitrogens with one attached hydrogen (secondary N) is 1. The van der Waals surface area contributed by atoms with Crippen molar-refractivity contribution in [1.29, 1.82) is 0 Å². The van der Waals surface area contributed by atoms with Crippen LogP contribution in [0.1, 0.15) is 69.9 Å². The first kappa shape index (κ1) is 20.7. The lowest BCUT2D eigenvalue weighted by Gasteiger charge is -2.43. The molecule has 1 aromatic heterocycles. The van der Waals surface area contributed by atoms with Gasteiger partial charge in [-0.3, -0.25) is 9.59 Å². The van der Waals surface area contributed by atoms with Gasteiger partial charge in [0.25, 0.3) is 5.91 Å². The Morgan fingerprint density at radius 2 is 1.67 bits per heavy atom. The van der Waals surface area contributed by atoms with Crippen LogP contribution in [0.3, 0.4) is 0 Å².